The van der Waals surface area contributed by atoms with Crippen LogP contribution in [0.1, 0.15) is 22.5 Å². The zero-order valence-electron chi connectivity index (χ0n) is 13.4. The van der Waals surface area contributed by atoms with Gasteiger partial charge in [0.25, 0.3) is 5.91 Å². The van der Waals surface area contributed by atoms with Gasteiger partial charge in [-0.25, -0.2) is 0 Å². The zero-order chi connectivity index (χ0) is 17.1. The van der Waals surface area contributed by atoms with Crippen LogP contribution in [-0.4, -0.2) is 52.4 Å². The highest BCUT2D eigenvalue weighted by Gasteiger charge is 2.24. The minimum absolute atomic E-state index is 0.0218. The van der Waals surface area contributed by atoms with Gasteiger partial charge in [-0.05, 0) is 18.4 Å². The molecular weight excluding hydrogens is 346 g/mol. The molecule has 6 nitrogen and oxygen atoms in total. The highest BCUT2D eigenvalue weighted by molar-refractivity contribution is 7.08. The summed E-state index contributed by atoms with van der Waals surface area (Å²) >= 11 is 2.67. The number of aryl methyl sites for hydroxylation is 1. The molecule has 8 heteroatoms. The van der Waals surface area contributed by atoms with Gasteiger partial charge >= 0.3 is 4.87 Å². The molecule has 0 aliphatic carbocycles. The third-order valence-electron chi connectivity index (χ3n) is 4.21. The van der Waals surface area contributed by atoms with Crippen LogP contribution in [-0.2, 0) is 11.3 Å². The monoisotopic (exact) mass is 365 g/mol. The minimum atomic E-state index is -0.0218. The molecule has 128 valence electrons. The van der Waals surface area contributed by atoms with E-state index < -0.39 is 0 Å². The number of nitrogens with zero attached hydrogens (tertiary/aromatic N) is 3. The van der Waals surface area contributed by atoms with E-state index in [1.807, 2.05) is 29.1 Å². The fourth-order valence-electron chi connectivity index (χ4n) is 2.77. The van der Waals surface area contributed by atoms with Gasteiger partial charge in [0.1, 0.15) is 0 Å². The number of aromatic nitrogens is 1. The van der Waals surface area contributed by atoms with E-state index in [9.17, 15) is 14.4 Å². The van der Waals surface area contributed by atoms with Crippen molar-refractivity contribution in [3.8, 4) is 0 Å². The van der Waals surface area contributed by atoms with Gasteiger partial charge in [-0.3, -0.25) is 14.4 Å². The minimum Gasteiger partial charge on any atom is -0.339 e. The molecular formula is C16H19N3O3S2. The number of carbonyl (C=O) groups excluding carboxylic acids is 2. The van der Waals surface area contributed by atoms with Crippen molar-refractivity contribution >= 4 is 34.5 Å². The molecule has 0 spiro atoms. The first-order valence-electron chi connectivity index (χ1n) is 7.80. The van der Waals surface area contributed by atoms with Crippen LogP contribution < -0.4 is 4.87 Å². The van der Waals surface area contributed by atoms with E-state index in [2.05, 4.69) is 0 Å². The van der Waals surface area contributed by atoms with Gasteiger partial charge in [-0.15, -0.1) is 0 Å². The first-order valence-corrected chi connectivity index (χ1v) is 9.62. The fourth-order valence-corrected chi connectivity index (χ4v) is 4.16. The molecule has 3 heterocycles. The van der Waals surface area contributed by atoms with Gasteiger partial charge in [0, 0.05) is 55.6 Å². The van der Waals surface area contributed by atoms with Crippen molar-refractivity contribution in [2.45, 2.75) is 19.9 Å². The molecule has 0 atom stereocenters. The molecule has 2 amide bonds. The predicted molar refractivity (Wildman–Crippen MR) is 94.7 cm³/mol. The standard InChI is InChI=1S/C16H19N3O3S2/c1-12-10-24-16(22)19(12)4-2-14(20)17-5-7-18(8-6-17)15(21)13-3-9-23-11-13/h3,9-11H,2,4-8H2,1H3. The van der Waals surface area contributed by atoms with Crippen LogP contribution in [0.3, 0.4) is 0 Å². The number of piperazine rings is 1. The number of hydrogen-bond acceptors (Lipinski definition) is 5. The molecule has 1 aliphatic rings. The van der Waals surface area contributed by atoms with E-state index >= 15 is 0 Å². The number of carbonyl (C=O) groups is 2. The fraction of sp³-hybridized carbons (Fsp3) is 0.438. The van der Waals surface area contributed by atoms with Crippen LogP contribution in [0.5, 0.6) is 0 Å². The predicted octanol–water partition coefficient (Wildman–Crippen LogP) is 1.65. The number of hydrogen-bond donors (Lipinski definition) is 0. The summed E-state index contributed by atoms with van der Waals surface area (Å²) in [6.07, 6.45) is 0.315. The summed E-state index contributed by atoms with van der Waals surface area (Å²) in [6.45, 7) is 4.49. The summed E-state index contributed by atoms with van der Waals surface area (Å²) in [5.41, 5.74) is 1.61. The number of thiophene rings is 1. The van der Waals surface area contributed by atoms with Crippen LogP contribution in [0.25, 0.3) is 0 Å². The Balaban J connectivity index is 1.50. The second-order valence-electron chi connectivity index (χ2n) is 5.73. The molecule has 0 unspecified atom stereocenters. The molecule has 0 bridgehead atoms. The maximum Gasteiger partial charge on any atom is 0.307 e. The van der Waals surface area contributed by atoms with Crippen molar-refractivity contribution < 1.29 is 9.59 Å². The smallest absolute Gasteiger partial charge is 0.307 e. The highest BCUT2D eigenvalue weighted by atomic mass is 32.1. The molecule has 1 saturated heterocycles. The largest absolute Gasteiger partial charge is 0.339 e. The lowest BCUT2D eigenvalue weighted by molar-refractivity contribution is -0.132. The molecule has 3 rings (SSSR count). The van der Waals surface area contributed by atoms with Gasteiger partial charge < -0.3 is 14.4 Å². The van der Waals surface area contributed by atoms with Gasteiger partial charge in [-0.2, -0.15) is 11.3 Å². The first-order chi connectivity index (χ1) is 11.6. The van der Waals surface area contributed by atoms with E-state index in [4.69, 9.17) is 0 Å². The van der Waals surface area contributed by atoms with Crippen LogP contribution in [0.2, 0.25) is 0 Å². The molecule has 0 aromatic carbocycles. The summed E-state index contributed by atoms with van der Waals surface area (Å²) in [7, 11) is 0. The lowest BCUT2D eigenvalue weighted by atomic mass is 10.2. The number of amides is 2. The van der Waals surface area contributed by atoms with Crippen molar-refractivity contribution in [3.05, 3.63) is 43.1 Å². The summed E-state index contributed by atoms with van der Waals surface area (Å²) in [6, 6.07) is 1.82. The SMILES string of the molecule is Cc1csc(=O)n1CCC(=O)N1CCN(C(=O)c2ccsc2)CC1. The Labute approximate surface area is 147 Å². The summed E-state index contributed by atoms with van der Waals surface area (Å²) in [5, 5.41) is 5.55. The molecule has 0 saturated carbocycles. The second-order valence-corrected chi connectivity index (χ2v) is 7.33. The van der Waals surface area contributed by atoms with E-state index in [0.29, 0.717) is 44.7 Å². The van der Waals surface area contributed by atoms with Gasteiger partial charge in [0.05, 0.1) is 5.56 Å². The Bertz CT molecular complexity index is 771. The molecule has 1 aliphatic heterocycles. The molecule has 1 fully saturated rings. The van der Waals surface area contributed by atoms with Crippen molar-refractivity contribution in [3.63, 3.8) is 0 Å². The quantitative estimate of drug-likeness (QED) is 0.828. The first kappa shape index (κ1) is 16.9. The molecule has 0 radical (unpaired) electrons. The lowest BCUT2D eigenvalue weighted by Gasteiger charge is -2.34. The van der Waals surface area contributed by atoms with Crippen LogP contribution in [0.15, 0.2) is 27.0 Å². The van der Waals surface area contributed by atoms with Crippen molar-refractivity contribution in [1.82, 2.24) is 14.4 Å². The van der Waals surface area contributed by atoms with Gasteiger partial charge in [-0.1, -0.05) is 11.3 Å². The Hall–Kier alpha value is -1.93. The Kier molecular flexibility index (Phi) is 5.15. The normalized spacial score (nSPS) is 14.9. The zero-order valence-corrected chi connectivity index (χ0v) is 15.1. The van der Waals surface area contributed by atoms with Crippen molar-refractivity contribution in [2.75, 3.05) is 26.2 Å². The third kappa shape index (κ3) is 3.59. The van der Waals surface area contributed by atoms with E-state index in [0.717, 1.165) is 17.0 Å². The Morgan fingerprint density at radius 3 is 2.42 bits per heavy atom. The van der Waals surface area contributed by atoms with Crippen LogP contribution in [0, 0.1) is 6.92 Å². The maximum absolute atomic E-state index is 12.3. The molecule has 0 N–H and O–H groups in total. The van der Waals surface area contributed by atoms with Gasteiger partial charge in [0.2, 0.25) is 5.91 Å². The lowest BCUT2D eigenvalue weighted by Crippen LogP contribution is -2.50. The van der Waals surface area contributed by atoms with E-state index in [-0.39, 0.29) is 16.7 Å². The Morgan fingerprint density at radius 1 is 1.12 bits per heavy atom. The number of thiazole rings is 1. The van der Waals surface area contributed by atoms with Gasteiger partial charge in [0.15, 0.2) is 0 Å². The maximum atomic E-state index is 12.3. The number of rotatable bonds is 4. The van der Waals surface area contributed by atoms with Crippen LogP contribution >= 0.6 is 22.7 Å². The average Bonchev–Trinajstić information content (AvgIpc) is 3.23. The van der Waals surface area contributed by atoms with Crippen molar-refractivity contribution in [1.29, 1.82) is 0 Å². The molecule has 2 aromatic heterocycles. The van der Waals surface area contributed by atoms with E-state index in [1.54, 1.807) is 14.4 Å². The highest BCUT2D eigenvalue weighted by Crippen LogP contribution is 2.12. The average molecular weight is 365 g/mol. The topological polar surface area (TPSA) is 62.6 Å². The second kappa shape index (κ2) is 7.31. The summed E-state index contributed by atoms with van der Waals surface area (Å²) < 4.78 is 1.64. The van der Waals surface area contributed by atoms with E-state index in [1.165, 1.54) is 11.3 Å². The Morgan fingerprint density at radius 2 is 1.83 bits per heavy atom. The molecule has 2 aromatic rings. The third-order valence-corrected chi connectivity index (χ3v) is 5.78. The van der Waals surface area contributed by atoms with Crippen LogP contribution in [0.4, 0.5) is 0 Å². The molecule has 24 heavy (non-hydrogen) atoms. The summed E-state index contributed by atoms with van der Waals surface area (Å²) in [4.78, 5) is 39.8. The van der Waals surface area contributed by atoms with Crippen molar-refractivity contribution in [2.24, 2.45) is 0 Å². The summed E-state index contributed by atoms with van der Waals surface area (Å²) in [5.74, 6) is 0.0685.